The summed E-state index contributed by atoms with van der Waals surface area (Å²) in [6.45, 7) is 3.57. The van der Waals surface area contributed by atoms with Crippen LogP contribution in [0, 0.1) is 19.7 Å². The van der Waals surface area contributed by atoms with Crippen LogP contribution in [0.5, 0.6) is 0 Å². The van der Waals surface area contributed by atoms with Gasteiger partial charge in [-0.05, 0) is 37.1 Å². The van der Waals surface area contributed by atoms with Crippen molar-refractivity contribution < 1.29 is 9.18 Å². The van der Waals surface area contributed by atoms with Crippen LogP contribution in [0.2, 0.25) is 0 Å². The molecule has 2 aromatic rings. The van der Waals surface area contributed by atoms with E-state index in [2.05, 4.69) is 5.32 Å². The zero-order valence-corrected chi connectivity index (χ0v) is 12.0. The van der Waals surface area contributed by atoms with Crippen LogP contribution in [0.15, 0.2) is 41.3 Å². The maximum Gasteiger partial charge on any atom is 0.253 e. The predicted molar refractivity (Wildman–Crippen MR) is 78.4 cm³/mol. The molecular weight excluding hydrogens is 271 g/mol. The summed E-state index contributed by atoms with van der Waals surface area (Å²) in [5.41, 5.74) is 1.65. The molecule has 5 heteroatoms. The molecule has 0 atom stereocenters. The highest BCUT2D eigenvalue weighted by atomic mass is 19.1. The molecule has 0 bridgehead atoms. The first-order valence-electron chi connectivity index (χ1n) is 6.65. The summed E-state index contributed by atoms with van der Waals surface area (Å²) < 4.78 is 14.7. The number of halogens is 1. The molecule has 2 rings (SSSR count). The Hall–Kier alpha value is -2.43. The molecule has 1 N–H and O–H groups in total. The minimum absolute atomic E-state index is 0.0468. The van der Waals surface area contributed by atoms with Gasteiger partial charge in [0.1, 0.15) is 12.4 Å². The third kappa shape index (κ3) is 3.78. The number of rotatable bonds is 4. The van der Waals surface area contributed by atoms with Gasteiger partial charge < -0.3 is 9.88 Å². The average Bonchev–Trinajstić information content (AvgIpc) is 2.45. The smallest absolute Gasteiger partial charge is 0.253 e. The highest BCUT2D eigenvalue weighted by Crippen LogP contribution is 2.08. The maximum atomic E-state index is 13.4. The summed E-state index contributed by atoms with van der Waals surface area (Å²) in [4.78, 5) is 23.6. The van der Waals surface area contributed by atoms with Crippen molar-refractivity contribution in [1.82, 2.24) is 9.88 Å². The first kappa shape index (κ1) is 15.0. The summed E-state index contributed by atoms with van der Waals surface area (Å²) in [6, 6.07) is 8.25. The molecule has 0 spiro atoms. The number of aryl methyl sites for hydroxylation is 2. The molecule has 110 valence electrons. The molecule has 0 fully saturated rings. The third-order valence-corrected chi connectivity index (χ3v) is 3.25. The molecule has 0 aliphatic rings. The number of aromatic nitrogens is 1. The Morgan fingerprint density at radius 2 is 2.00 bits per heavy atom. The van der Waals surface area contributed by atoms with E-state index in [1.807, 2.05) is 0 Å². The van der Waals surface area contributed by atoms with Gasteiger partial charge in [-0.2, -0.15) is 0 Å². The number of nitrogens with one attached hydrogen (secondary N) is 1. The van der Waals surface area contributed by atoms with Gasteiger partial charge in [0, 0.05) is 18.3 Å². The molecule has 1 amide bonds. The summed E-state index contributed by atoms with van der Waals surface area (Å²) in [5.74, 6) is -0.583. The van der Waals surface area contributed by atoms with Gasteiger partial charge in [0.15, 0.2) is 0 Å². The Labute approximate surface area is 122 Å². The van der Waals surface area contributed by atoms with Crippen LogP contribution in [0.4, 0.5) is 4.39 Å². The first-order valence-corrected chi connectivity index (χ1v) is 6.65. The van der Waals surface area contributed by atoms with Crippen LogP contribution in [-0.2, 0) is 17.9 Å². The molecule has 1 aromatic heterocycles. The van der Waals surface area contributed by atoms with Crippen molar-refractivity contribution in [2.75, 3.05) is 0 Å². The van der Waals surface area contributed by atoms with Crippen molar-refractivity contribution in [2.45, 2.75) is 26.9 Å². The Morgan fingerprint density at radius 1 is 1.24 bits per heavy atom. The maximum absolute atomic E-state index is 13.4. The number of carbonyl (C=O) groups is 1. The average molecular weight is 288 g/mol. The van der Waals surface area contributed by atoms with E-state index in [9.17, 15) is 14.0 Å². The van der Waals surface area contributed by atoms with Gasteiger partial charge in [0.25, 0.3) is 5.56 Å². The second kappa shape index (κ2) is 6.35. The molecule has 0 aliphatic carbocycles. The quantitative estimate of drug-likeness (QED) is 0.934. The fraction of sp³-hybridized carbons (Fsp3) is 0.250. The normalized spacial score (nSPS) is 10.4. The third-order valence-electron chi connectivity index (χ3n) is 3.25. The fourth-order valence-electron chi connectivity index (χ4n) is 1.94. The van der Waals surface area contributed by atoms with Crippen molar-refractivity contribution >= 4 is 5.91 Å². The molecule has 21 heavy (non-hydrogen) atoms. The summed E-state index contributed by atoms with van der Waals surface area (Å²) in [6.07, 6.45) is 1.57. The van der Waals surface area contributed by atoms with Crippen molar-refractivity contribution in [3.63, 3.8) is 0 Å². The number of nitrogens with zero attached hydrogens (tertiary/aromatic N) is 1. The Kier molecular flexibility index (Phi) is 4.52. The lowest BCUT2D eigenvalue weighted by molar-refractivity contribution is -0.121. The standard InChI is InChI=1S/C16H17FN2O2/c1-11-5-6-13(8-14(11)17)9-18-15(20)10-19-7-3-4-12(2)16(19)21/h3-8H,9-10H2,1-2H3,(H,18,20). The van der Waals surface area contributed by atoms with Gasteiger partial charge >= 0.3 is 0 Å². The van der Waals surface area contributed by atoms with Crippen LogP contribution in [0.3, 0.4) is 0 Å². The molecule has 0 saturated carbocycles. The molecule has 0 aliphatic heterocycles. The highest BCUT2D eigenvalue weighted by Gasteiger charge is 2.06. The molecule has 1 aromatic carbocycles. The number of hydrogen-bond donors (Lipinski definition) is 1. The van der Waals surface area contributed by atoms with E-state index in [1.54, 1.807) is 44.3 Å². The second-order valence-electron chi connectivity index (χ2n) is 4.98. The van der Waals surface area contributed by atoms with E-state index >= 15 is 0 Å². The van der Waals surface area contributed by atoms with E-state index in [0.717, 1.165) is 0 Å². The van der Waals surface area contributed by atoms with E-state index in [-0.39, 0.29) is 30.4 Å². The van der Waals surface area contributed by atoms with Crippen LogP contribution in [0.25, 0.3) is 0 Å². The molecular formula is C16H17FN2O2. The highest BCUT2D eigenvalue weighted by molar-refractivity contribution is 5.75. The van der Waals surface area contributed by atoms with E-state index in [0.29, 0.717) is 16.7 Å². The van der Waals surface area contributed by atoms with Gasteiger partial charge in [0.2, 0.25) is 5.91 Å². The van der Waals surface area contributed by atoms with Gasteiger partial charge in [-0.25, -0.2) is 4.39 Å². The van der Waals surface area contributed by atoms with Crippen LogP contribution in [0.1, 0.15) is 16.7 Å². The summed E-state index contributed by atoms with van der Waals surface area (Å²) in [7, 11) is 0. The Balaban J connectivity index is 1.97. The number of hydrogen-bond acceptors (Lipinski definition) is 2. The number of pyridine rings is 1. The fourth-order valence-corrected chi connectivity index (χ4v) is 1.94. The minimum Gasteiger partial charge on any atom is -0.350 e. The zero-order valence-electron chi connectivity index (χ0n) is 12.0. The molecule has 4 nitrogen and oxygen atoms in total. The van der Waals surface area contributed by atoms with Crippen molar-refractivity contribution in [1.29, 1.82) is 0 Å². The van der Waals surface area contributed by atoms with Crippen molar-refractivity contribution in [3.05, 3.63) is 69.4 Å². The van der Waals surface area contributed by atoms with Gasteiger partial charge in [-0.15, -0.1) is 0 Å². The monoisotopic (exact) mass is 288 g/mol. The number of amides is 1. The van der Waals surface area contributed by atoms with Crippen LogP contribution >= 0.6 is 0 Å². The second-order valence-corrected chi connectivity index (χ2v) is 4.98. The van der Waals surface area contributed by atoms with E-state index < -0.39 is 0 Å². The molecule has 1 heterocycles. The summed E-state index contributed by atoms with van der Waals surface area (Å²) in [5, 5.41) is 2.68. The lowest BCUT2D eigenvalue weighted by Crippen LogP contribution is -2.32. The predicted octanol–water partition coefficient (Wildman–Crippen LogP) is 1.92. The topological polar surface area (TPSA) is 51.1 Å². The van der Waals surface area contributed by atoms with Crippen molar-refractivity contribution in [3.8, 4) is 0 Å². The Bertz CT molecular complexity index is 722. The molecule has 0 radical (unpaired) electrons. The van der Waals surface area contributed by atoms with Crippen LogP contribution < -0.4 is 10.9 Å². The zero-order chi connectivity index (χ0) is 15.4. The SMILES string of the molecule is Cc1ccc(CNC(=O)Cn2cccc(C)c2=O)cc1F. The van der Waals surface area contributed by atoms with Crippen molar-refractivity contribution in [2.24, 2.45) is 0 Å². The molecule has 0 unspecified atom stereocenters. The van der Waals surface area contributed by atoms with E-state index in [1.165, 1.54) is 10.6 Å². The Morgan fingerprint density at radius 3 is 2.71 bits per heavy atom. The minimum atomic E-state index is -0.295. The number of benzene rings is 1. The van der Waals surface area contributed by atoms with Gasteiger partial charge in [0.05, 0.1) is 0 Å². The van der Waals surface area contributed by atoms with Gasteiger partial charge in [-0.1, -0.05) is 18.2 Å². The van der Waals surface area contributed by atoms with Gasteiger partial charge in [-0.3, -0.25) is 9.59 Å². The first-order chi connectivity index (χ1) is 9.97. The lowest BCUT2D eigenvalue weighted by atomic mass is 10.1. The summed E-state index contributed by atoms with van der Waals surface area (Å²) >= 11 is 0. The number of carbonyl (C=O) groups excluding carboxylic acids is 1. The van der Waals surface area contributed by atoms with E-state index in [4.69, 9.17) is 0 Å². The largest absolute Gasteiger partial charge is 0.350 e. The molecule has 0 saturated heterocycles. The lowest BCUT2D eigenvalue weighted by Gasteiger charge is -2.08. The van der Waals surface area contributed by atoms with Crippen LogP contribution in [-0.4, -0.2) is 10.5 Å².